The average molecular weight is 485 g/mol. The van der Waals surface area contributed by atoms with Crippen molar-refractivity contribution in [2.45, 2.75) is 33.5 Å². The van der Waals surface area contributed by atoms with Gasteiger partial charge in [0.05, 0.1) is 23.0 Å². The minimum Gasteiger partial charge on any atom is -0.361 e. The molecule has 0 aliphatic heterocycles. The van der Waals surface area contributed by atoms with Crippen molar-refractivity contribution >= 4 is 23.2 Å². The number of aromatic nitrogens is 3. The number of halogens is 8. The molecule has 6 nitrogen and oxygen atoms in total. The van der Waals surface area contributed by atoms with E-state index >= 15 is 0 Å². The van der Waals surface area contributed by atoms with Gasteiger partial charge < -0.3 is 9.84 Å². The van der Waals surface area contributed by atoms with Crippen molar-refractivity contribution in [1.82, 2.24) is 14.9 Å². The predicted molar refractivity (Wildman–Crippen MR) is 96.3 cm³/mol. The fourth-order valence-electron chi connectivity index (χ4n) is 2.90. The number of carbonyl (C=O) groups excluding carboxylic acids is 1. The van der Waals surface area contributed by atoms with Crippen LogP contribution in [0.1, 0.15) is 38.8 Å². The Balaban J connectivity index is 2.00. The number of benzene rings is 1. The molecule has 0 aliphatic carbocycles. The summed E-state index contributed by atoms with van der Waals surface area (Å²) in [5.74, 6) is -11.6. The van der Waals surface area contributed by atoms with Gasteiger partial charge in [-0.25, -0.2) is 17.6 Å². The minimum atomic E-state index is -5.71. The van der Waals surface area contributed by atoms with Gasteiger partial charge in [-0.15, -0.1) is 0 Å². The van der Waals surface area contributed by atoms with Crippen molar-refractivity contribution in [3.05, 3.63) is 62.3 Å². The van der Waals surface area contributed by atoms with E-state index in [1.54, 1.807) is 13.8 Å². The van der Waals surface area contributed by atoms with Crippen LogP contribution in [-0.4, -0.2) is 20.8 Å². The number of nitrogens with one attached hydrogen (secondary N) is 1. The van der Waals surface area contributed by atoms with Gasteiger partial charge in [-0.3, -0.25) is 9.48 Å². The molecule has 14 heteroatoms. The molecule has 0 saturated carbocycles. The van der Waals surface area contributed by atoms with E-state index in [2.05, 4.69) is 10.3 Å². The summed E-state index contributed by atoms with van der Waals surface area (Å²) in [4.78, 5) is 12.5. The standard InChI is InChI=1S/C18H12ClF7N4O2/c1-5-10(19)6(2)30(28-5)4-8-7(3)32-29-15(8)17(31)27-16-13(22)11(20)9(18(24,25)26)12(21)14(16)23/h4H2,1-3H3,(H,27,31). The van der Waals surface area contributed by atoms with Gasteiger partial charge in [-0.05, 0) is 20.8 Å². The number of hydrogen-bond donors (Lipinski definition) is 1. The Morgan fingerprint density at radius 2 is 1.62 bits per heavy atom. The molecule has 0 fully saturated rings. The zero-order chi connectivity index (χ0) is 24.1. The first kappa shape index (κ1) is 23.6. The zero-order valence-electron chi connectivity index (χ0n) is 16.4. The van der Waals surface area contributed by atoms with E-state index in [0.717, 1.165) is 0 Å². The average Bonchev–Trinajstić information content (AvgIpc) is 3.17. The Labute approximate surface area is 179 Å². The highest BCUT2D eigenvalue weighted by Crippen LogP contribution is 2.38. The maximum Gasteiger partial charge on any atom is 0.422 e. The van der Waals surface area contributed by atoms with Gasteiger partial charge >= 0.3 is 6.18 Å². The van der Waals surface area contributed by atoms with Crippen LogP contribution in [0.15, 0.2) is 4.52 Å². The van der Waals surface area contributed by atoms with Gasteiger partial charge in [0, 0.05) is 5.56 Å². The summed E-state index contributed by atoms with van der Waals surface area (Å²) in [7, 11) is 0. The van der Waals surface area contributed by atoms with Crippen LogP contribution in [-0.2, 0) is 12.7 Å². The number of amides is 1. The molecule has 32 heavy (non-hydrogen) atoms. The van der Waals surface area contributed by atoms with E-state index in [9.17, 15) is 35.5 Å². The number of rotatable bonds is 4. The van der Waals surface area contributed by atoms with Gasteiger partial charge in [-0.2, -0.15) is 18.3 Å². The number of hydrogen-bond acceptors (Lipinski definition) is 4. The quantitative estimate of drug-likeness (QED) is 0.401. The van der Waals surface area contributed by atoms with Gasteiger partial charge in [0.2, 0.25) is 0 Å². The van der Waals surface area contributed by atoms with Crippen LogP contribution in [0.2, 0.25) is 5.02 Å². The van der Waals surface area contributed by atoms with Gasteiger partial charge in [-0.1, -0.05) is 16.8 Å². The number of anilines is 1. The van der Waals surface area contributed by atoms with Crippen LogP contribution in [0.5, 0.6) is 0 Å². The Kier molecular flexibility index (Phi) is 5.98. The van der Waals surface area contributed by atoms with E-state index < -0.39 is 52.3 Å². The van der Waals surface area contributed by atoms with Crippen LogP contribution in [0.3, 0.4) is 0 Å². The fraction of sp³-hybridized carbons (Fsp3) is 0.278. The summed E-state index contributed by atoms with van der Waals surface area (Å²) in [6, 6.07) is 0. The molecule has 0 bridgehead atoms. The molecule has 0 saturated heterocycles. The summed E-state index contributed by atoms with van der Waals surface area (Å²) in [5, 5.41) is 9.47. The third-order valence-corrected chi connectivity index (χ3v) is 5.13. The highest BCUT2D eigenvalue weighted by atomic mass is 35.5. The van der Waals surface area contributed by atoms with E-state index in [0.29, 0.717) is 16.4 Å². The lowest BCUT2D eigenvalue weighted by Crippen LogP contribution is -2.21. The van der Waals surface area contributed by atoms with Crippen LogP contribution in [0, 0.1) is 44.0 Å². The predicted octanol–water partition coefficient (Wildman–Crippen LogP) is 5.33. The molecule has 1 aromatic carbocycles. The molecule has 3 rings (SSSR count). The van der Waals surface area contributed by atoms with Gasteiger partial charge in [0.25, 0.3) is 5.91 Å². The molecule has 0 spiro atoms. The van der Waals surface area contributed by atoms with Gasteiger partial charge in [0.1, 0.15) is 17.0 Å². The van der Waals surface area contributed by atoms with Crippen molar-refractivity contribution in [1.29, 1.82) is 0 Å². The molecule has 1 amide bonds. The molecule has 172 valence electrons. The Morgan fingerprint density at radius 1 is 1.06 bits per heavy atom. The summed E-state index contributed by atoms with van der Waals surface area (Å²) in [6.45, 7) is 4.53. The lowest BCUT2D eigenvalue weighted by molar-refractivity contribution is -0.143. The smallest absolute Gasteiger partial charge is 0.361 e. The van der Waals surface area contributed by atoms with Crippen molar-refractivity contribution < 1.29 is 40.1 Å². The molecule has 0 radical (unpaired) electrons. The number of nitrogens with zero attached hydrogens (tertiary/aromatic N) is 3. The number of aryl methyl sites for hydroxylation is 2. The first-order chi connectivity index (χ1) is 14.8. The molecule has 0 aliphatic rings. The first-order valence-corrected chi connectivity index (χ1v) is 9.02. The Hall–Kier alpha value is -3.09. The normalized spacial score (nSPS) is 11.8. The zero-order valence-corrected chi connectivity index (χ0v) is 17.1. The minimum absolute atomic E-state index is 0.0819. The molecule has 2 heterocycles. The fourth-order valence-corrected chi connectivity index (χ4v) is 3.03. The van der Waals surface area contributed by atoms with Crippen LogP contribution < -0.4 is 5.32 Å². The molecular weight excluding hydrogens is 473 g/mol. The molecule has 0 atom stereocenters. The summed E-state index contributed by atoms with van der Waals surface area (Å²) in [5.41, 5.74) is -3.98. The molecule has 0 unspecified atom stereocenters. The Morgan fingerprint density at radius 3 is 2.09 bits per heavy atom. The van der Waals surface area contributed by atoms with E-state index in [4.69, 9.17) is 16.1 Å². The lowest BCUT2D eigenvalue weighted by Gasteiger charge is -2.14. The van der Waals surface area contributed by atoms with Crippen molar-refractivity contribution in [3.8, 4) is 0 Å². The second-order valence-corrected chi connectivity index (χ2v) is 7.04. The first-order valence-electron chi connectivity index (χ1n) is 8.64. The third kappa shape index (κ3) is 3.92. The number of alkyl halides is 3. The highest BCUT2D eigenvalue weighted by Gasteiger charge is 2.42. The van der Waals surface area contributed by atoms with E-state index in [1.165, 1.54) is 16.9 Å². The maximum atomic E-state index is 14.1. The van der Waals surface area contributed by atoms with E-state index in [1.807, 2.05) is 0 Å². The van der Waals surface area contributed by atoms with E-state index in [-0.39, 0.29) is 17.9 Å². The highest BCUT2D eigenvalue weighted by molar-refractivity contribution is 6.31. The summed E-state index contributed by atoms with van der Waals surface area (Å²) < 4.78 is 100. The van der Waals surface area contributed by atoms with Crippen LogP contribution >= 0.6 is 11.6 Å². The van der Waals surface area contributed by atoms with Crippen LogP contribution in [0.25, 0.3) is 0 Å². The largest absolute Gasteiger partial charge is 0.422 e. The van der Waals surface area contributed by atoms with Crippen molar-refractivity contribution in [2.24, 2.45) is 0 Å². The van der Waals surface area contributed by atoms with Crippen LogP contribution in [0.4, 0.5) is 36.4 Å². The number of carbonyl (C=O) groups is 1. The molecule has 3 aromatic rings. The lowest BCUT2D eigenvalue weighted by atomic mass is 10.1. The van der Waals surface area contributed by atoms with Crippen molar-refractivity contribution in [2.75, 3.05) is 5.32 Å². The molecule has 2 aromatic heterocycles. The monoisotopic (exact) mass is 484 g/mol. The topological polar surface area (TPSA) is 73.0 Å². The SMILES string of the molecule is Cc1nn(Cc2c(C(=O)Nc3c(F)c(F)c(C(F)(F)F)c(F)c3F)noc2C)c(C)c1Cl. The third-order valence-electron chi connectivity index (χ3n) is 4.59. The Bertz CT molecular complexity index is 1200. The summed E-state index contributed by atoms with van der Waals surface area (Å²) >= 11 is 6.06. The second kappa shape index (κ2) is 8.11. The summed E-state index contributed by atoms with van der Waals surface area (Å²) in [6.07, 6.45) is -5.71. The van der Waals surface area contributed by atoms with Gasteiger partial charge in [0.15, 0.2) is 29.0 Å². The molecular formula is C18H12ClF7N4O2. The second-order valence-electron chi connectivity index (χ2n) is 6.67. The molecule has 1 N–H and O–H groups in total. The van der Waals surface area contributed by atoms with Crippen molar-refractivity contribution in [3.63, 3.8) is 0 Å². The maximum absolute atomic E-state index is 14.1.